The maximum absolute atomic E-state index is 13.3. The van der Waals surface area contributed by atoms with Crippen LogP contribution in [0.2, 0.25) is 0 Å². The van der Waals surface area contributed by atoms with Crippen LogP contribution in [0.15, 0.2) is 48.5 Å². The highest BCUT2D eigenvalue weighted by atomic mass is 19.4. The number of halogens is 4. The molecule has 0 aliphatic rings. The lowest BCUT2D eigenvalue weighted by atomic mass is 10.1. The van der Waals surface area contributed by atoms with Crippen LogP contribution in [0.3, 0.4) is 0 Å². The summed E-state index contributed by atoms with van der Waals surface area (Å²) in [5.41, 5.74) is -1.05. The van der Waals surface area contributed by atoms with Gasteiger partial charge >= 0.3 is 6.18 Å². The molecule has 0 saturated carbocycles. The highest BCUT2D eigenvalue weighted by molar-refractivity contribution is 5.95. The van der Waals surface area contributed by atoms with Crippen molar-refractivity contribution in [1.82, 2.24) is 0 Å². The molecule has 0 atom stereocenters. The molecule has 8 heteroatoms. The van der Waals surface area contributed by atoms with Crippen molar-refractivity contribution in [3.63, 3.8) is 0 Å². The van der Waals surface area contributed by atoms with Crippen molar-refractivity contribution in [2.45, 2.75) is 19.5 Å². The molecule has 0 fully saturated rings. The Kier molecular flexibility index (Phi) is 5.97. The van der Waals surface area contributed by atoms with E-state index >= 15 is 0 Å². The molecule has 2 aromatic carbocycles. The monoisotopic (exact) mass is 368 g/mol. The molecule has 4 nitrogen and oxygen atoms in total. The molecular weight excluding hydrogens is 352 g/mol. The van der Waals surface area contributed by atoms with E-state index in [1.54, 1.807) is 0 Å². The Labute approximate surface area is 147 Å². The van der Waals surface area contributed by atoms with Crippen molar-refractivity contribution in [1.29, 1.82) is 0 Å². The van der Waals surface area contributed by atoms with Crippen molar-refractivity contribution < 1.29 is 27.2 Å². The first-order valence-electron chi connectivity index (χ1n) is 7.68. The fourth-order valence-electron chi connectivity index (χ4n) is 2.38. The fraction of sp³-hybridized carbons (Fsp3) is 0.222. The Morgan fingerprint density at radius 1 is 1.08 bits per heavy atom. The average molecular weight is 368 g/mol. The van der Waals surface area contributed by atoms with E-state index in [1.807, 2.05) is 0 Å². The standard InChI is InChI=1S/C18H16F4N2O2/c1-12(25)24(14-6-4-5-13(19)11-14)10-9-17(26)23-16-8-3-2-7-15(16)18(20,21)22/h2-8,11H,9-10H2,1H3,(H,23,26). The average Bonchev–Trinajstić information content (AvgIpc) is 2.54. The van der Waals surface area contributed by atoms with Gasteiger partial charge in [0, 0.05) is 25.6 Å². The predicted octanol–water partition coefficient (Wildman–Crippen LogP) is 4.23. The normalized spacial score (nSPS) is 11.1. The first-order valence-corrected chi connectivity index (χ1v) is 7.68. The van der Waals surface area contributed by atoms with Crippen LogP contribution in [0.5, 0.6) is 0 Å². The number of nitrogens with zero attached hydrogens (tertiary/aromatic N) is 1. The number of para-hydroxylation sites is 1. The van der Waals surface area contributed by atoms with Crippen LogP contribution in [0.1, 0.15) is 18.9 Å². The molecule has 26 heavy (non-hydrogen) atoms. The number of rotatable bonds is 5. The molecule has 0 spiro atoms. The highest BCUT2D eigenvalue weighted by Gasteiger charge is 2.33. The van der Waals surface area contributed by atoms with Crippen molar-refractivity contribution in [3.05, 3.63) is 59.9 Å². The second kappa shape index (κ2) is 7.99. The van der Waals surface area contributed by atoms with Gasteiger partial charge in [0.25, 0.3) is 0 Å². The van der Waals surface area contributed by atoms with Crippen LogP contribution in [-0.2, 0) is 15.8 Å². The Morgan fingerprint density at radius 3 is 2.38 bits per heavy atom. The van der Waals surface area contributed by atoms with E-state index in [9.17, 15) is 27.2 Å². The Bertz CT molecular complexity index is 806. The molecule has 2 rings (SSSR count). The minimum absolute atomic E-state index is 0.0984. The maximum Gasteiger partial charge on any atom is 0.418 e. The summed E-state index contributed by atoms with van der Waals surface area (Å²) < 4.78 is 52.1. The number of carbonyl (C=O) groups excluding carboxylic acids is 2. The number of benzene rings is 2. The van der Waals surface area contributed by atoms with Crippen molar-refractivity contribution in [3.8, 4) is 0 Å². The molecule has 2 amide bonds. The van der Waals surface area contributed by atoms with E-state index in [2.05, 4.69) is 5.32 Å². The van der Waals surface area contributed by atoms with Gasteiger partial charge in [0.05, 0.1) is 11.3 Å². The highest BCUT2D eigenvalue weighted by Crippen LogP contribution is 2.34. The quantitative estimate of drug-likeness (QED) is 0.803. The fourth-order valence-corrected chi connectivity index (χ4v) is 2.38. The molecule has 0 unspecified atom stereocenters. The van der Waals surface area contributed by atoms with E-state index in [0.717, 1.165) is 18.2 Å². The van der Waals surface area contributed by atoms with Crippen molar-refractivity contribution in [2.75, 3.05) is 16.8 Å². The summed E-state index contributed by atoms with van der Waals surface area (Å²) >= 11 is 0. The summed E-state index contributed by atoms with van der Waals surface area (Å²) in [5.74, 6) is -1.65. The summed E-state index contributed by atoms with van der Waals surface area (Å²) in [4.78, 5) is 24.9. The van der Waals surface area contributed by atoms with Gasteiger partial charge in [-0.1, -0.05) is 18.2 Å². The van der Waals surface area contributed by atoms with Gasteiger partial charge in [0.2, 0.25) is 11.8 Å². The number of alkyl halides is 3. The number of hydrogen-bond acceptors (Lipinski definition) is 2. The summed E-state index contributed by atoms with van der Waals surface area (Å²) in [6, 6.07) is 9.88. The van der Waals surface area contributed by atoms with Gasteiger partial charge in [-0.3, -0.25) is 9.59 Å². The lowest BCUT2D eigenvalue weighted by Gasteiger charge is -2.21. The number of amides is 2. The first kappa shape index (κ1) is 19.4. The predicted molar refractivity (Wildman–Crippen MR) is 89.1 cm³/mol. The van der Waals surface area contributed by atoms with Crippen LogP contribution >= 0.6 is 0 Å². The molecule has 0 bridgehead atoms. The van der Waals surface area contributed by atoms with E-state index in [1.165, 1.54) is 42.2 Å². The number of carbonyl (C=O) groups is 2. The van der Waals surface area contributed by atoms with Crippen LogP contribution in [0.4, 0.5) is 28.9 Å². The van der Waals surface area contributed by atoms with Gasteiger partial charge < -0.3 is 10.2 Å². The molecule has 0 heterocycles. The zero-order valence-corrected chi connectivity index (χ0v) is 13.8. The number of nitrogens with one attached hydrogen (secondary N) is 1. The van der Waals surface area contributed by atoms with E-state index < -0.39 is 29.4 Å². The van der Waals surface area contributed by atoms with Crippen LogP contribution in [0.25, 0.3) is 0 Å². The third-order valence-corrected chi connectivity index (χ3v) is 3.57. The smallest absolute Gasteiger partial charge is 0.325 e. The molecule has 138 valence electrons. The van der Waals surface area contributed by atoms with Gasteiger partial charge in [-0.05, 0) is 30.3 Å². The summed E-state index contributed by atoms with van der Waals surface area (Å²) in [7, 11) is 0. The Morgan fingerprint density at radius 2 is 1.77 bits per heavy atom. The maximum atomic E-state index is 13.3. The number of hydrogen-bond donors (Lipinski definition) is 1. The van der Waals surface area contributed by atoms with Crippen molar-refractivity contribution in [2.24, 2.45) is 0 Å². The van der Waals surface area contributed by atoms with E-state index in [4.69, 9.17) is 0 Å². The van der Waals surface area contributed by atoms with Crippen LogP contribution in [0, 0.1) is 5.82 Å². The van der Waals surface area contributed by atoms with E-state index in [-0.39, 0.29) is 24.3 Å². The van der Waals surface area contributed by atoms with Gasteiger partial charge in [-0.25, -0.2) is 4.39 Å². The lowest BCUT2D eigenvalue weighted by molar-refractivity contribution is -0.137. The van der Waals surface area contributed by atoms with E-state index in [0.29, 0.717) is 0 Å². The van der Waals surface area contributed by atoms with Gasteiger partial charge in [-0.15, -0.1) is 0 Å². The third-order valence-electron chi connectivity index (χ3n) is 3.57. The molecule has 0 aliphatic carbocycles. The van der Waals surface area contributed by atoms with Crippen LogP contribution < -0.4 is 10.2 Å². The Balaban J connectivity index is 2.07. The molecule has 0 aromatic heterocycles. The molecule has 0 radical (unpaired) electrons. The van der Waals surface area contributed by atoms with Gasteiger partial charge in [0.15, 0.2) is 0 Å². The second-order valence-corrected chi connectivity index (χ2v) is 5.49. The molecular formula is C18H16F4N2O2. The zero-order chi connectivity index (χ0) is 19.3. The minimum Gasteiger partial charge on any atom is -0.325 e. The van der Waals surface area contributed by atoms with Crippen LogP contribution in [-0.4, -0.2) is 18.4 Å². The summed E-state index contributed by atoms with van der Waals surface area (Å²) in [6.45, 7) is 1.15. The lowest BCUT2D eigenvalue weighted by Crippen LogP contribution is -2.32. The van der Waals surface area contributed by atoms with Gasteiger partial charge in [0.1, 0.15) is 5.82 Å². The molecule has 2 aromatic rings. The third kappa shape index (κ3) is 5.05. The zero-order valence-electron chi connectivity index (χ0n) is 13.8. The largest absolute Gasteiger partial charge is 0.418 e. The molecule has 1 N–H and O–H groups in total. The number of anilines is 2. The SMILES string of the molecule is CC(=O)N(CCC(=O)Nc1ccccc1C(F)(F)F)c1cccc(F)c1. The summed E-state index contributed by atoms with van der Waals surface area (Å²) in [5, 5.41) is 2.20. The molecule has 0 aliphatic heterocycles. The Hall–Kier alpha value is -2.90. The minimum atomic E-state index is -4.60. The first-order chi connectivity index (χ1) is 12.2. The second-order valence-electron chi connectivity index (χ2n) is 5.49. The summed E-state index contributed by atoms with van der Waals surface area (Å²) in [6.07, 6.45) is -4.85. The van der Waals surface area contributed by atoms with Crippen molar-refractivity contribution >= 4 is 23.2 Å². The molecule has 0 saturated heterocycles. The topological polar surface area (TPSA) is 49.4 Å². The van der Waals surface area contributed by atoms with Gasteiger partial charge in [-0.2, -0.15) is 13.2 Å².